The van der Waals surface area contributed by atoms with Gasteiger partial charge < -0.3 is 20.4 Å². The second kappa shape index (κ2) is 10.9. The minimum Gasteiger partial charge on any atom is -0.457 e. The van der Waals surface area contributed by atoms with Crippen LogP contribution < -0.4 is 15.8 Å². The molecule has 0 aliphatic rings. The van der Waals surface area contributed by atoms with E-state index in [2.05, 4.69) is 20.7 Å². The van der Waals surface area contributed by atoms with Crippen LogP contribution in [0.5, 0.6) is 11.5 Å². The summed E-state index contributed by atoms with van der Waals surface area (Å²) in [4.78, 5) is 20.7. The first-order valence-electron chi connectivity index (χ1n) is 11.6. The lowest BCUT2D eigenvalue weighted by Crippen LogP contribution is -2.22. The predicted molar refractivity (Wildman–Crippen MR) is 145 cm³/mol. The molecule has 8 heteroatoms. The molecule has 0 atom stereocenters. The van der Waals surface area contributed by atoms with Crippen LogP contribution in [0.15, 0.2) is 91.0 Å². The van der Waals surface area contributed by atoms with Crippen LogP contribution in [0.2, 0.25) is 0 Å². The molecular formula is C28H25N5O2S. The van der Waals surface area contributed by atoms with Crippen molar-refractivity contribution in [3.05, 3.63) is 96.5 Å². The van der Waals surface area contributed by atoms with Gasteiger partial charge in [-0.3, -0.25) is 4.79 Å². The molecule has 1 amide bonds. The number of nitrogens with one attached hydrogen (secondary N) is 1. The fourth-order valence-electron chi connectivity index (χ4n) is 3.86. The summed E-state index contributed by atoms with van der Waals surface area (Å²) in [7, 11) is 0. The number of amides is 1. The van der Waals surface area contributed by atoms with Gasteiger partial charge in [0.15, 0.2) is 0 Å². The number of nitrogens with zero attached hydrogens (tertiary/aromatic N) is 3. The number of hydrogen-bond donors (Lipinski definition) is 2. The summed E-state index contributed by atoms with van der Waals surface area (Å²) in [6, 6.07) is 17.6. The molecule has 0 bridgehead atoms. The van der Waals surface area contributed by atoms with Gasteiger partial charge in [0.2, 0.25) is 5.91 Å². The molecule has 3 N–H and O–H groups in total. The third kappa shape index (κ3) is 5.45. The highest BCUT2D eigenvalue weighted by Gasteiger charge is 2.13. The lowest BCUT2D eigenvalue weighted by Gasteiger charge is -2.07. The molecule has 0 saturated heterocycles. The zero-order valence-corrected chi connectivity index (χ0v) is 20.3. The van der Waals surface area contributed by atoms with E-state index in [0.717, 1.165) is 51.2 Å². The summed E-state index contributed by atoms with van der Waals surface area (Å²) in [6.07, 6.45) is 11.3. The van der Waals surface area contributed by atoms with Gasteiger partial charge in [0, 0.05) is 59.0 Å². The van der Waals surface area contributed by atoms with Crippen LogP contribution in [0.3, 0.4) is 0 Å². The van der Waals surface area contributed by atoms with E-state index in [1.807, 2.05) is 65.4 Å². The number of fused-ring (bicyclic) bond motifs is 1. The van der Waals surface area contributed by atoms with Gasteiger partial charge in [-0.2, -0.15) is 0 Å². The molecule has 0 aliphatic heterocycles. The van der Waals surface area contributed by atoms with E-state index in [1.54, 1.807) is 42.2 Å². The first-order chi connectivity index (χ1) is 17.7. The van der Waals surface area contributed by atoms with Crippen molar-refractivity contribution in [1.82, 2.24) is 19.9 Å². The van der Waals surface area contributed by atoms with Crippen molar-refractivity contribution in [2.75, 3.05) is 12.3 Å². The van der Waals surface area contributed by atoms with Gasteiger partial charge in [0.25, 0.3) is 0 Å². The van der Waals surface area contributed by atoms with E-state index in [-0.39, 0.29) is 5.91 Å². The summed E-state index contributed by atoms with van der Waals surface area (Å²) in [5.74, 6) is 1.87. The quantitative estimate of drug-likeness (QED) is 0.200. The summed E-state index contributed by atoms with van der Waals surface area (Å²) < 4.78 is 8.88. The van der Waals surface area contributed by atoms with Crippen LogP contribution in [0, 0.1) is 0 Å². The number of carbonyl (C=O) groups is 1. The van der Waals surface area contributed by atoms with Gasteiger partial charge in [-0.15, -0.1) is 11.3 Å². The smallest absolute Gasteiger partial charge is 0.244 e. The molecule has 0 fully saturated rings. The maximum atomic E-state index is 12.3. The van der Waals surface area contributed by atoms with E-state index in [0.29, 0.717) is 12.4 Å². The monoisotopic (exact) mass is 495 g/mol. The van der Waals surface area contributed by atoms with Gasteiger partial charge in [-0.25, -0.2) is 9.97 Å². The van der Waals surface area contributed by atoms with Crippen LogP contribution in [0.4, 0.5) is 5.82 Å². The van der Waals surface area contributed by atoms with Gasteiger partial charge in [0.1, 0.15) is 17.3 Å². The minimum absolute atomic E-state index is 0.142. The summed E-state index contributed by atoms with van der Waals surface area (Å²) in [5, 5.41) is 5.88. The average Bonchev–Trinajstić information content (AvgIpc) is 3.58. The topological polar surface area (TPSA) is 95.1 Å². The fraction of sp³-hybridized carbons (Fsp3) is 0.107. The SMILES string of the molecule is Nc1ncc(/C=C/C(=O)NCCCn2ccnc2)c2scc(-c3ccc(Oc4ccccc4)cc3)c12. The number of pyridine rings is 1. The van der Waals surface area contributed by atoms with Crippen LogP contribution in [0.1, 0.15) is 12.0 Å². The number of aryl methyl sites for hydroxylation is 1. The maximum Gasteiger partial charge on any atom is 0.244 e. The van der Waals surface area contributed by atoms with Crippen molar-refractivity contribution in [3.63, 3.8) is 0 Å². The molecule has 7 nitrogen and oxygen atoms in total. The Hall–Kier alpha value is -4.43. The second-order valence-corrected chi connectivity index (χ2v) is 9.05. The Balaban J connectivity index is 1.28. The number of anilines is 1. The van der Waals surface area contributed by atoms with Crippen molar-refractivity contribution < 1.29 is 9.53 Å². The Morgan fingerprint density at radius 1 is 1.11 bits per heavy atom. The van der Waals surface area contributed by atoms with E-state index < -0.39 is 0 Å². The molecule has 0 saturated carbocycles. The molecule has 5 aromatic rings. The van der Waals surface area contributed by atoms with Gasteiger partial charge in [0.05, 0.1) is 6.33 Å². The predicted octanol–water partition coefficient (Wildman–Crippen LogP) is 5.75. The number of rotatable bonds is 9. The lowest BCUT2D eigenvalue weighted by atomic mass is 10.0. The molecule has 36 heavy (non-hydrogen) atoms. The fourth-order valence-corrected chi connectivity index (χ4v) is 4.94. The molecule has 0 aliphatic carbocycles. The standard InChI is InChI=1S/C28H25N5O2S/c29-28-26-24(20-7-10-23(11-8-20)35-22-5-2-1-3-6-22)18-36-27(26)21(17-32-28)9-12-25(34)31-13-4-15-33-16-14-30-19-33/h1-3,5-12,14,16-19H,4,13,15H2,(H2,29,32)(H,31,34)/b12-9+. The normalized spacial score (nSPS) is 11.2. The van der Waals surface area contributed by atoms with E-state index in [4.69, 9.17) is 10.5 Å². The number of thiophene rings is 1. The van der Waals surface area contributed by atoms with E-state index in [1.165, 1.54) is 0 Å². The van der Waals surface area contributed by atoms with Gasteiger partial charge >= 0.3 is 0 Å². The molecule has 2 aromatic carbocycles. The Morgan fingerprint density at radius 2 is 1.92 bits per heavy atom. The van der Waals surface area contributed by atoms with Crippen molar-refractivity contribution >= 4 is 39.2 Å². The van der Waals surface area contributed by atoms with E-state index in [9.17, 15) is 4.79 Å². The zero-order chi connectivity index (χ0) is 24.7. The van der Waals surface area contributed by atoms with Crippen molar-refractivity contribution in [1.29, 1.82) is 0 Å². The van der Waals surface area contributed by atoms with Crippen molar-refractivity contribution in [3.8, 4) is 22.6 Å². The number of benzene rings is 2. The van der Waals surface area contributed by atoms with Crippen LogP contribution >= 0.6 is 11.3 Å². The number of hydrogen-bond acceptors (Lipinski definition) is 6. The lowest BCUT2D eigenvalue weighted by molar-refractivity contribution is -0.116. The number of nitrogens with two attached hydrogens (primary N) is 1. The third-order valence-electron chi connectivity index (χ3n) is 5.66. The molecule has 0 radical (unpaired) electrons. The second-order valence-electron chi connectivity index (χ2n) is 8.17. The summed E-state index contributed by atoms with van der Waals surface area (Å²) in [6.45, 7) is 1.40. The molecule has 3 heterocycles. The summed E-state index contributed by atoms with van der Waals surface area (Å²) in [5.41, 5.74) is 9.16. The molecule has 5 rings (SSSR count). The van der Waals surface area contributed by atoms with Crippen molar-refractivity contribution in [2.45, 2.75) is 13.0 Å². The van der Waals surface area contributed by atoms with Gasteiger partial charge in [-0.05, 0) is 47.7 Å². The molecule has 3 aromatic heterocycles. The highest BCUT2D eigenvalue weighted by Crippen LogP contribution is 2.39. The Morgan fingerprint density at radius 3 is 2.69 bits per heavy atom. The Labute approximate surface area is 212 Å². The molecule has 0 spiro atoms. The number of imidazole rings is 1. The third-order valence-corrected chi connectivity index (χ3v) is 6.69. The number of aromatic nitrogens is 3. The molecule has 0 unspecified atom stereocenters. The number of para-hydroxylation sites is 1. The van der Waals surface area contributed by atoms with Crippen LogP contribution in [-0.2, 0) is 11.3 Å². The Kier molecular flexibility index (Phi) is 7.05. The minimum atomic E-state index is -0.142. The first-order valence-corrected chi connectivity index (χ1v) is 12.5. The number of carbonyl (C=O) groups excluding carboxylic acids is 1. The first kappa shape index (κ1) is 23.3. The van der Waals surface area contributed by atoms with Crippen molar-refractivity contribution in [2.24, 2.45) is 0 Å². The molecule has 180 valence electrons. The maximum absolute atomic E-state index is 12.3. The molecular weight excluding hydrogens is 470 g/mol. The number of nitrogen functional groups attached to an aromatic ring is 1. The summed E-state index contributed by atoms with van der Waals surface area (Å²) >= 11 is 1.59. The highest BCUT2D eigenvalue weighted by molar-refractivity contribution is 7.18. The zero-order valence-electron chi connectivity index (χ0n) is 19.5. The van der Waals surface area contributed by atoms with Crippen LogP contribution in [0.25, 0.3) is 27.3 Å². The van der Waals surface area contributed by atoms with Crippen LogP contribution in [-0.4, -0.2) is 27.0 Å². The highest BCUT2D eigenvalue weighted by atomic mass is 32.1. The largest absolute Gasteiger partial charge is 0.457 e. The Bertz CT molecular complexity index is 1480. The van der Waals surface area contributed by atoms with E-state index >= 15 is 0 Å². The number of ether oxygens (including phenoxy) is 1. The average molecular weight is 496 g/mol. The van der Waals surface area contributed by atoms with Gasteiger partial charge in [-0.1, -0.05) is 30.3 Å².